The van der Waals surface area contributed by atoms with Gasteiger partial charge in [0.1, 0.15) is 0 Å². The predicted molar refractivity (Wildman–Crippen MR) is 79.7 cm³/mol. The first-order chi connectivity index (χ1) is 9.34. The van der Waals surface area contributed by atoms with Gasteiger partial charge in [0.25, 0.3) is 11.8 Å². The predicted octanol–water partition coefficient (Wildman–Crippen LogP) is 2.65. The van der Waals surface area contributed by atoms with E-state index in [9.17, 15) is 9.59 Å². The molecular weight excluding hydrogens is 252 g/mol. The van der Waals surface area contributed by atoms with Gasteiger partial charge >= 0.3 is 0 Å². The molecule has 20 heavy (non-hydrogen) atoms. The molecule has 0 radical (unpaired) electrons. The summed E-state index contributed by atoms with van der Waals surface area (Å²) in [6, 6.07) is 5.33. The van der Waals surface area contributed by atoms with Crippen LogP contribution in [0.3, 0.4) is 0 Å². The Bertz CT molecular complexity index is 600. The summed E-state index contributed by atoms with van der Waals surface area (Å²) in [5.74, 6) is -0.232. The van der Waals surface area contributed by atoms with Crippen molar-refractivity contribution in [1.29, 1.82) is 0 Å². The molecule has 1 aromatic rings. The highest BCUT2D eigenvalue weighted by atomic mass is 16.2. The maximum Gasteiger partial charge on any atom is 0.251 e. The normalized spacial score (nSPS) is 15.9. The van der Waals surface area contributed by atoms with Gasteiger partial charge in [0, 0.05) is 23.9 Å². The van der Waals surface area contributed by atoms with E-state index >= 15 is 0 Å². The molecule has 0 atom stereocenters. The summed E-state index contributed by atoms with van der Waals surface area (Å²) in [5.41, 5.74) is 2.96. The van der Waals surface area contributed by atoms with Crippen LogP contribution in [0.2, 0.25) is 0 Å². The minimum atomic E-state index is -0.150. The molecule has 2 amide bonds. The lowest BCUT2D eigenvalue weighted by atomic mass is 9.74. The molecule has 2 rings (SSSR count). The SMILES string of the molecule is CNC(=O)c1cccc(NC(=O)C2=CC(C)(C)C2)c1C. The van der Waals surface area contributed by atoms with Gasteiger partial charge in [0.05, 0.1) is 0 Å². The van der Waals surface area contributed by atoms with E-state index in [4.69, 9.17) is 0 Å². The van der Waals surface area contributed by atoms with Crippen LogP contribution in [0.4, 0.5) is 5.69 Å². The first-order valence-electron chi connectivity index (χ1n) is 6.69. The molecule has 2 N–H and O–H groups in total. The van der Waals surface area contributed by atoms with Gasteiger partial charge in [-0.15, -0.1) is 0 Å². The van der Waals surface area contributed by atoms with Gasteiger partial charge in [-0.1, -0.05) is 26.0 Å². The maximum absolute atomic E-state index is 12.1. The lowest BCUT2D eigenvalue weighted by Gasteiger charge is -2.32. The number of hydrogen-bond acceptors (Lipinski definition) is 2. The minimum Gasteiger partial charge on any atom is -0.355 e. The topological polar surface area (TPSA) is 58.2 Å². The Labute approximate surface area is 119 Å². The van der Waals surface area contributed by atoms with Gasteiger partial charge in [0.2, 0.25) is 0 Å². The fourth-order valence-corrected chi connectivity index (χ4v) is 2.43. The first-order valence-corrected chi connectivity index (χ1v) is 6.69. The molecule has 4 heteroatoms. The van der Waals surface area contributed by atoms with Gasteiger partial charge < -0.3 is 10.6 Å². The number of allylic oxidation sites excluding steroid dienone is 1. The Morgan fingerprint density at radius 3 is 2.40 bits per heavy atom. The lowest BCUT2D eigenvalue weighted by molar-refractivity contribution is -0.113. The van der Waals surface area contributed by atoms with E-state index in [1.165, 1.54) is 0 Å². The van der Waals surface area contributed by atoms with Crippen LogP contribution in [0.25, 0.3) is 0 Å². The number of rotatable bonds is 3. The van der Waals surface area contributed by atoms with Gasteiger partial charge in [0.15, 0.2) is 0 Å². The zero-order valence-corrected chi connectivity index (χ0v) is 12.3. The third-order valence-corrected chi connectivity index (χ3v) is 3.56. The molecule has 0 fully saturated rings. The maximum atomic E-state index is 12.1. The number of carbonyl (C=O) groups is 2. The number of benzene rings is 1. The second-order valence-corrected chi connectivity index (χ2v) is 5.85. The monoisotopic (exact) mass is 272 g/mol. The molecular formula is C16H20N2O2. The molecule has 1 aliphatic carbocycles. The summed E-state index contributed by atoms with van der Waals surface area (Å²) in [4.78, 5) is 23.8. The Hall–Kier alpha value is -2.10. The molecule has 0 aromatic heterocycles. The summed E-state index contributed by atoms with van der Waals surface area (Å²) in [5, 5.41) is 5.48. The first kappa shape index (κ1) is 14.3. The largest absolute Gasteiger partial charge is 0.355 e. The van der Waals surface area contributed by atoms with E-state index in [1.807, 2.05) is 19.1 Å². The Kier molecular flexibility index (Phi) is 3.66. The van der Waals surface area contributed by atoms with E-state index in [0.717, 1.165) is 17.6 Å². The van der Waals surface area contributed by atoms with Crippen LogP contribution >= 0.6 is 0 Å². The number of nitrogens with one attached hydrogen (secondary N) is 2. The Morgan fingerprint density at radius 2 is 1.85 bits per heavy atom. The molecule has 106 valence electrons. The lowest BCUT2D eigenvalue weighted by Crippen LogP contribution is -2.28. The highest BCUT2D eigenvalue weighted by Crippen LogP contribution is 2.38. The third kappa shape index (κ3) is 2.74. The van der Waals surface area contributed by atoms with Crippen molar-refractivity contribution in [1.82, 2.24) is 5.32 Å². The van der Waals surface area contributed by atoms with Crippen LogP contribution in [-0.4, -0.2) is 18.9 Å². The highest BCUT2D eigenvalue weighted by molar-refractivity contribution is 6.06. The van der Waals surface area contributed by atoms with Gasteiger partial charge in [-0.2, -0.15) is 0 Å². The summed E-state index contributed by atoms with van der Waals surface area (Å²) >= 11 is 0. The van der Waals surface area contributed by atoms with Gasteiger partial charge in [-0.3, -0.25) is 9.59 Å². The van der Waals surface area contributed by atoms with Crippen LogP contribution < -0.4 is 10.6 Å². The average Bonchev–Trinajstić information content (AvgIpc) is 2.37. The van der Waals surface area contributed by atoms with Crippen molar-refractivity contribution in [3.63, 3.8) is 0 Å². The molecule has 0 saturated carbocycles. The van der Waals surface area contributed by atoms with E-state index in [1.54, 1.807) is 19.2 Å². The summed E-state index contributed by atoms with van der Waals surface area (Å²) in [6.07, 6.45) is 2.77. The second-order valence-electron chi connectivity index (χ2n) is 5.85. The summed E-state index contributed by atoms with van der Waals surface area (Å²) < 4.78 is 0. The van der Waals surface area contributed by atoms with Crippen LogP contribution in [0.1, 0.15) is 36.2 Å². The van der Waals surface area contributed by atoms with Crippen molar-refractivity contribution in [2.45, 2.75) is 27.2 Å². The smallest absolute Gasteiger partial charge is 0.251 e. The standard InChI is InChI=1S/C16H20N2O2/c1-10-12(15(20)17-4)6-5-7-13(10)18-14(19)11-8-16(2,3)9-11/h5-8H,9H2,1-4H3,(H,17,20)(H,18,19). The van der Waals surface area contributed by atoms with Gasteiger partial charge in [-0.25, -0.2) is 0 Å². The van der Waals surface area contributed by atoms with Crippen LogP contribution in [-0.2, 0) is 4.79 Å². The van der Waals surface area contributed by atoms with Crippen molar-refractivity contribution in [3.8, 4) is 0 Å². The van der Waals surface area contributed by atoms with Crippen molar-refractivity contribution in [3.05, 3.63) is 41.0 Å². The third-order valence-electron chi connectivity index (χ3n) is 3.56. The second kappa shape index (κ2) is 5.12. The van der Waals surface area contributed by atoms with Crippen LogP contribution in [0, 0.1) is 12.3 Å². The van der Waals surface area contributed by atoms with Crippen molar-refractivity contribution in [2.75, 3.05) is 12.4 Å². The average molecular weight is 272 g/mol. The van der Waals surface area contributed by atoms with Crippen LogP contribution in [0.5, 0.6) is 0 Å². The number of hydrogen-bond donors (Lipinski definition) is 2. The molecule has 0 saturated heterocycles. The van der Waals surface area contributed by atoms with Crippen molar-refractivity contribution >= 4 is 17.5 Å². The van der Waals surface area contributed by atoms with Gasteiger partial charge in [-0.05, 0) is 36.5 Å². The molecule has 4 nitrogen and oxygen atoms in total. The zero-order chi connectivity index (χ0) is 14.9. The fraction of sp³-hybridized carbons (Fsp3) is 0.375. The number of anilines is 1. The van der Waals surface area contributed by atoms with Crippen molar-refractivity contribution < 1.29 is 9.59 Å². The quantitative estimate of drug-likeness (QED) is 0.888. The molecule has 1 aromatic carbocycles. The van der Waals surface area contributed by atoms with Crippen molar-refractivity contribution in [2.24, 2.45) is 5.41 Å². The van der Waals surface area contributed by atoms with E-state index in [0.29, 0.717) is 11.3 Å². The van der Waals surface area contributed by atoms with E-state index in [-0.39, 0.29) is 17.2 Å². The highest BCUT2D eigenvalue weighted by Gasteiger charge is 2.30. The molecule has 0 aliphatic heterocycles. The molecule has 1 aliphatic rings. The fourth-order valence-electron chi connectivity index (χ4n) is 2.43. The number of carbonyl (C=O) groups excluding carboxylic acids is 2. The summed E-state index contributed by atoms with van der Waals surface area (Å²) in [7, 11) is 1.59. The molecule has 0 bridgehead atoms. The Morgan fingerprint density at radius 1 is 1.20 bits per heavy atom. The number of amides is 2. The molecule has 0 unspecified atom stereocenters. The minimum absolute atomic E-state index is 0.0820. The molecule has 0 spiro atoms. The Balaban J connectivity index is 2.19. The zero-order valence-electron chi connectivity index (χ0n) is 12.3. The molecule has 0 heterocycles. The summed E-state index contributed by atoms with van der Waals surface area (Å²) in [6.45, 7) is 6.03. The van der Waals surface area contributed by atoms with Crippen LogP contribution in [0.15, 0.2) is 29.8 Å². The van der Waals surface area contributed by atoms with E-state index < -0.39 is 0 Å². The van der Waals surface area contributed by atoms with E-state index in [2.05, 4.69) is 24.5 Å².